The second-order valence-electron chi connectivity index (χ2n) is 28.8. The van der Waals surface area contributed by atoms with Crippen LogP contribution in [0.4, 0.5) is 0 Å². The number of esters is 9. The van der Waals surface area contributed by atoms with Crippen molar-refractivity contribution in [1.29, 1.82) is 0 Å². The Bertz CT molecular complexity index is 2230. The highest BCUT2D eigenvalue weighted by atomic mass is 16.6. The van der Waals surface area contributed by atoms with Crippen molar-refractivity contribution in [3.05, 3.63) is 36.5 Å². The number of carbonyl (C=O) groups excluding carboxylic acids is 9. The number of rotatable bonds is 28. The molecule has 0 spiro atoms. The monoisotopic (exact) mass is 1320 g/mol. The van der Waals surface area contributed by atoms with Crippen molar-refractivity contribution in [3.8, 4) is 0 Å². The van der Waals surface area contributed by atoms with Crippen LogP contribution in [0.2, 0.25) is 0 Å². The molecule has 0 saturated heterocycles. The van der Waals surface area contributed by atoms with Gasteiger partial charge < -0.3 is 47.7 Å². The van der Waals surface area contributed by atoms with E-state index in [0.717, 1.165) is 67.6 Å². The average molecular weight is 1320 g/mol. The normalized spacial score (nSPS) is 23.2. The number of hydrogen-bond acceptors (Lipinski definition) is 19. The van der Waals surface area contributed by atoms with Gasteiger partial charge in [0.2, 0.25) is 0 Å². The second kappa shape index (κ2) is 41.4. The fraction of sp³-hybridized carbons (Fsp3) is 0.797. The largest absolute Gasteiger partial charge is 0.463 e. The topological polar surface area (TPSA) is 257 Å². The minimum Gasteiger partial charge on any atom is -0.463 e. The SMILES string of the molecule is C=C(C)C(=O)OCCOC(=O)C(C)(C)CC.C=C(C)C(=O)OCCOC(=O)C(C)(C)CC.C=C(C)C(=O)OCCOC(=O)C(C)(C)CC.CCC(C)(C)C(=O)OCCO.CCC(C)C(=O)OC1CC2CC1C1CCCC21.CCC(C)C(=O)OC1CC2CC1C1CCCC21. The third-order valence-electron chi connectivity index (χ3n) is 20.1. The van der Waals surface area contributed by atoms with Crippen LogP contribution in [-0.2, 0) is 85.8 Å². The van der Waals surface area contributed by atoms with Gasteiger partial charge in [-0.1, -0.05) is 88.0 Å². The Labute approximate surface area is 559 Å². The highest BCUT2D eigenvalue weighted by Crippen LogP contribution is 2.60. The first-order valence-electron chi connectivity index (χ1n) is 34.6. The molecule has 19 heteroatoms. The van der Waals surface area contributed by atoms with Crippen LogP contribution in [-0.4, -0.2) is 124 Å². The molecule has 6 saturated carbocycles. The summed E-state index contributed by atoms with van der Waals surface area (Å²) in [6.45, 7) is 45.8. The van der Waals surface area contributed by atoms with Gasteiger partial charge in [-0.2, -0.15) is 0 Å². The lowest BCUT2D eigenvalue weighted by Gasteiger charge is -2.31. The van der Waals surface area contributed by atoms with Gasteiger partial charge in [0.1, 0.15) is 58.5 Å². The van der Waals surface area contributed by atoms with E-state index in [4.69, 9.17) is 47.7 Å². The number of ether oxygens (including phenoxy) is 9. The molecule has 4 bridgehead atoms. The zero-order valence-electron chi connectivity index (χ0n) is 60.8. The summed E-state index contributed by atoms with van der Waals surface area (Å²) in [5.41, 5.74) is -0.884. The minimum absolute atomic E-state index is 0.0413. The summed E-state index contributed by atoms with van der Waals surface area (Å²) in [6.07, 6.45) is 18.7. The molecule has 0 amide bonds. The van der Waals surface area contributed by atoms with Crippen LogP contribution < -0.4 is 0 Å². The van der Waals surface area contributed by atoms with Crippen LogP contribution in [0.1, 0.15) is 234 Å². The summed E-state index contributed by atoms with van der Waals surface area (Å²) in [5.74, 6) is 4.69. The van der Waals surface area contributed by atoms with Crippen molar-refractivity contribution in [2.75, 3.05) is 52.9 Å². The summed E-state index contributed by atoms with van der Waals surface area (Å²) in [6, 6.07) is 0. The van der Waals surface area contributed by atoms with Crippen LogP contribution in [0.5, 0.6) is 0 Å². The van der Waals surface area contributed by atoms with Gasteiger partial charge in [-0.15, -0.1) is 0 Å². The predicted molar refractivity (Wildman–Crippen MR) is 357 cm³/mol. The highest BCUT2D eigenvalue weighted by Gasteiger charge is 2.56. The quantitative estimate of drug-likeness (QED) is 0.0330. The maximum absolute atomic E-state index is 11.9. The van der Waals surface area contributed by atoms with E-state index in [9.17, 15) is 43.2 Å². The van der Waals surface area contributed by atoms with Crippen molar-refractivity contribution in [3.63, 3.8) is 0 Å². The molecule has 0 aromatic rings. The van der Waals surface area contributed by atoms with E-state index in [0.29, 0.717) is 47.8 Å². The maximum Gasteiger partial charge on any atom is 0.333 e. The van der Waals surface area contributed by atoms with Gasteiger partial charge in [0.25, 0.3) is 0 Å². The number of fused-ring (bicyclic) bond motifs is 10. The fourth-order valence-electron chi connectivity index (χ4n) is 11.8. The van der Waals surface area contributed by atoms with Gasteiger partial charge in [0.05, 0.1) is 40.1 Å². The van der Waals surface area contributed by atoms with E-state index < -0.39 is 39.6 Å². The van der Waals surface area contributed by atoms with E-state index >= 15 is 0 Å². The summed E-state index contributed by atoms with van der Waals surface area (Å²) < 4.78 is 45.6. The number of aliphatic hydroxyl groups is 1. The van der Waals surface area contributed by atoms with Crippen molar-refractivity contribution < 1.29 is 90.9 Å². The molecule has 0 heterocycles. The Morgan fingerprint density at radius 2 is 0.634 bits per heavy atom. The van der Waals surface area contributed by atoms with Gasteiger partial charge >= 0.3 is 53.7 Å². The lowest BCUT2D eigenvalue weighted by molar-refractivity contribution is -0.158. The van der Waals surface area contributed by atoms with Gasteiger partial charge in [0.15, 0.2) is 0 Å². The Hall–Kier alpha value is -5.59. The summed E-state index contributed by atoms with van der Waals surface area (Å²) >= 11 is 0. The third kappa shape index (κ3) is 28.3. The van der Waals surface area contributed by atoms with Crippen molar-refractivity contribution in [2.24, 2.45) is 80.8 Å². The molecular weight excluding hydrogens is 1190 g/mol. The van der Waals surface area contributed by atoms with E-state index in [1.54, 1.807) is 20.8 Å². The summed E-state index contributed by atoms with van der Waals surface area (Å²) in [5, 5.41) is 8.38. The van der Waals surface area contributed by atoms with Crippen LogP contribution >= 0.6 is 0 Å². The van der Waals surface area contributed by atoms with Crippen molar-refractivity contribution in [2.45, 2.75) is 246 Å². The van der Waals surface area contributed by atoms with E-state index in [1.165, 1.54) is 51.4 Å². The number of carbonyl (C=O) groups is 9. The van der Waals surface area contributed by atoms with Crippen molar-refractivity contribution >= 4 is 53.7 Å². The van der Waals surface area contributed by atoms with Crippen LogP contribution in [0, 0.1) is 80.8 Å². The van der Waals surface area contributed by atoms with E-state index in [-0.39, 0.29) is 113 Å². The van der Waals surface area contributed by atoms with Crippen LogP contribution in [0.15, 0.2) is 36.5 Å². The molecule has 12 atom stereocenters. The number of aliphatic hydroxyl groups excluding tert-OH is 1. The molecule has 534 valence electrons. The minimum atomic E-state index is -0.488. The zero-order chi connectivity index (χ0) is 71.2. The lowest BCUT2D eigenvalue weighted by Crippen LogP contribution is -2.33. The van der Waals surface area contributed by atoms with Gasteiger partial charge in [-0.3, -0.25) is 28.8 Å². The Kier molecular flexibility index (Phi) is 38.0. The average Bonchev–Trinajstić information content (AvgIpc) is 1.61. The predicted octanol–water partition coefficient (Wildman–Crippen LogP) is 14.0. The van der Waals surface area contributed by atoms with E-state index in [2.05, 4.69) is 33.6 Å². The maximum atomic E-state index is 11.9. The molecule has 0 aromatic carbocycles. The molecule has 6 aliphatic rings. The number of hydrogen-bond donors (Lipinski definition) is 1. The Balaban J connectivity index is 0.000000561. The molecule has 0 aliphatic heterocycles. The molecule has 12 unspecified atom stereocenters. The standard InChI is InChI=1S/2C15H24O2.3C12H20O4.C8H16O3/c2*1-3-9(2)15(16)17-14-8-10-7-13(14)12-6-4-5-11(10)12;3*1-6-12(4,5)11(14)16-8-7-15-10(13)9(2)3;1-4-8(2,3)7(10)11-6-5-9/h2*9-14H,3-8H2,1-2H3;3*2,6-8H2,1,3-5H3;9H,4-6H2,1-3H3. The lowest BCUT2D eigenvalue weighted by atomic mass is 9.80. The van der Waals surface area contributed by atoms with Crippen molar-refractivity contribution in [1.82, 2.24) is 0 Å². The first kappa shape index (κ1) is 85.4. The summed E-state index contributed by atoms with van der Waals surface area (Å²) in [7, 11) is 0. The molecule has 0 aromatic heterocycles. The highest BCUT2D eigenvalue weighted by molar-refractivity contribution is 5.88. The second-order valence-corrected chi connectivity index (χ2v) is 28.8. The van der Waals surface area contributed by atoms with Gasteiger partial charge in [0, 0.05) is 16.7 Å². The third-order valence-corrected chi connectivity index (χ3v) is 20.1. The first-order chi connectivity index (χ1) is 43.4. The molecule has 19 nitrogen and oxygen atoms in total. The molecule has 6 aliphatic carbocycles. The Morgan fingerprint density at radius 3 is 0.871 bits per heavy atom. The first-order valence-corrected chi connectivity index (χ1v) is 34.6. The van der Waals surface area contributed by atoms with Crippen LogP contribution in [0.3, 0.4) is 0 Å². The smallest absolute Gasteiger partial charge is 0.333 e. The molecular formula is C74H124O19. The van der Waals surface area contributed by atoms with Crippen LogP contribution in [0.25, 0.3) is 0 Å². The molecule has 1 N–H and O–H groups in total. The Morgan fingerprint density at radius 1 is 0.387 bits per heavy atom. The molecule has 93 heavy (non-hydrogen) atoms. The zero-order valence-corrected chi connectivity index (χ0v) is 60.8. The van der Waals surface area contributed by atoms with E-state index in [1.807, 2.05) is 96.9 Å². The summed E-state index contributed by atoms with van der Waals surface area (Å²) in [4.78, 5) is 102. The van der Waals surface area contributed by atoms with Gasteiger partial charge in [-0.05, 0) is 213 Å². The van der Waals surface area contributed by atoms with Gasteiger partial charge in [-0.25, -0.2) is 14.4 Å². The fourth-order valence-corrected chi connectivity index (χ4v) is 11.8. The molecule has 6 rings (SSSR count). The molecule has 6 fully saturated rings. The molecule has 0 radical (unpaired) electrons.